The first-order chi connectivity index (χ1) is 14.4. The van der Waals surface area contributed by atoms with Gasteiger partial charge >= 0.3 is 6.36 Å². The second kappa shape index (κ2) is 10.5. The Morgan fingerprint density at radius 2 is 1.42 bits per heavy atom. The molecule has 0 fully saturated rings. The topological polar surface area (TPSA) is 36.9 Å². The fraction of sp³-hybridized carbons (Fsp3) is 0.478. The van der Waals surface area contributed by atoms with Crippen molar-refractivity contribution in [3.8, 4) is 11.5 Å². The Bertz CT molecular complexity index is 787. The molecule has 2 aromatic rings. The molecule has 2 aromatic carbocycles. The van der Waals surface area contributed by atoms with Gasteiger partial charge in [0.1, 0.15) is 17.6 Å². The molecule has 1 atom stereocenters. The van der Waals surface area contributed by atoms with E-state index in [0.29, 0.717) is 19.0 Å². The number of halogens is 3. The summed E-state index contributed by atoms with van der Waals surface area (Å²) in [7, 11) is -2.00. The SMILES string of the molecule is CC(C)(C)[Si](C)(C)OCC(COCc1ccccc1)Oc1ccc(OC(F)(F)F)cc1. The molecule has 0 aliphatic heterocycles. The van der Waals surface area contributed by atoms with Crippen LogP contribution in [-0.4, -0.2) is 34.0 Å². The number of hydrogen-bond acceptors (Lipinski definition) is 4. The van der Waals surface area contributed by atoms with Gasteiger partial charge in [0.05, 0.1) is 19.8 Å². The molecular weight excluding hydrogens is 425 g/mol. The smallest absolute Gasteiger partial charge is 0.486 e. The molecule has 4 nitrogen and oxygen atoms in total. The molecule has 2 rings (SSSR count). The largest absolute Gasteiger partial charge is 0.573 e. The summed E-state index contributed by atoms with van der Waals surface area (Å²) < 4.78 is 59.1. The van der Waals surface area contributed by atoms with E-state index in [1.54, 1.807) is 0 Å². The molecule has 0 amide bonds. The van der Waals surface area contributed by atoms with Crippen molar-refractivity contribution in [1.29, 1.82) is 0 Å². The summed E-state index contributed by atoms with van der Waals surface area (Å²) in [6.45, 7) is 11.8. The minimum atomic E-state index is -4.73. The highest BCUT2D eigenvalue weighted by Gasteiger charge is 2.38. The fourth-order valence-corrected chi connectivity index (χ4v) is 3.46. The fourth-order valence-electron chi connectivity index (χ4n) is 2.43. The predicted molar refractivity (Wildman–Crippen MR) is 117 cm³/mol. The molecule has 0 heterocycles. The third-order valence-electron chi connectivity index (χ3n) is 5.21. The van der Waals surface area contributed by atoms with Crippen molar-refractivity contribution >= 4 is 8.32 Å². The lowest BCUT2D eigenvalue weighted by atomic mass is 10.2. The van der Waals surface area contributed by atoms with E-state index in [0.717, 1.165) is 5.56 Å². The summed E-state index contributed by atoms with van der Waals surface area (Å²) in [5.74, 6) is 0.121. The minimum Gasteiger partial charge on any atom is -0.486 e. The summed E-state index contributed by atoms with van der Waals surface area (Å²) in [6.07, 6.45) is -5.14. The van der Waals surface area contributed by atoms with Crippen molar-refractivity contribution in [3.63, 3.8) is 0 Å². The lowest BCUT2D eigenvalue weighted by Gasteiger charge is -2.37. The monoisotopic (exact) mass is 456 g/mol. The average Bonchev–Trinajstić information content (AvgIpc) is 2.66. The standard InChI is InChI=1S/C23H31F3O4Si/c1-22(2,3)31(4,5)28-17-21(16-27-15-18-9-7-6-8-10-18)29-19-11-13-20(14-12-19)30-23(24,25)26/h6-14,21H,15-17H2,1-5H3. The maximum Gasteiger partial charge on any atom is 0.573 e. The van der Waals surface area contributed by atoms with E-state index in [1.165, 1.54) is 24.3 Å². The van der Waals surface area contributed by atoms with Gasteiger partial charge in [-0.1, -0.05) is 51.1 Å². The Morgan fingerprint density at radius 1 is 0.839 bits per heavy atom. The van der Waals surface area contributed by atoms with E-state index in [-0.39, 0.29) is 17.4 Å². The lowest BCUT2D eigenvalue weighted by molar-refractivity contribution is -0.274. The van der Waals surface area contributed by atoms with Gasteiger partial charge in [-0.05, 0) is 48.0 Å². The highest BCUT2D eigenvalue weighted by Crippen LogP contribution is 2.36. The van der Waals surface area contributed by atoms with Crippen molar-refractivity contribution in [2.75, 3.05) is 13.2 Å². The molecule has 0 spiro atoms. The molecule has 0 aromatic heterocycles. The zero-order valence-corrected chi connectivity index (χ0v) is 19.7. The Morgan fingerprint density at radius 3 is 1.97 bits per heavy atom. The van der Waals surface area contributed by atoms with E-state index >= 15 is 0 Å². The first-order valence-corrected chi connectivity index (χ1v) is 13.0. The first-order valence-electron chi connectivity index (χ1n) is 10.1. The van der Waals surface area contributed by atoms with Crippen LogP contribution in [0.25, 0.3) is 0 Å². The molecule has 0 saturated carbocycles. The van der Waals surface area contributed by atoms with Crippen LogP contribution in [0.15, 0.2) is 54.6 Å². The highest BCUT2D eigenvalue weighted by atomic mass is 28.4. The Kier molecular flexibility index (Phi) is 8.56. The van der Waals surface area contributed by atoms with E-state index in [9.17, 15) is 13.2 Å². The molecule has 0 aliphatic rings. The summed E-state index contributed by atoms with van der Waals surface area (Å²) in [4.78, 5) is 0. The molecule has 0 N–H and O–H groups in total. The molecule has 172 valence electrons. The van der Waals surface area contributed by atoms with Crippen LogP contribution in [0.2, 0.25) is 18.1 Å². The third-order valence-corrected chi connectivity index (χ3v) is 9.71. The molecule has 0 radical (unpaired) electrons. The molecule has 0 saturated heterocycles. The third kappa shape index (κ3) is 8.92. The van der Waals surface area contributed by atoms with E-state index < -0.39 is 20.8 Å². The number of hydrogen-bond donors (Lipinski definition) is 0. The van der Waals surface area contributed by atoms with Crippen molar-refractivity contribution in [2.24, 2.45) is 0 Å². The van der Waals surface area contributed by atoms with Crippen LogP contribution >= 0.6 is 0 Å². The maximum absolute atomic E-state index is 12.4. The van der Waals surface area contributed by atoms with E-state index in [1.807, 2.05) is 30.3 Å². The van der Waals surface area contributed by atoms with Crippen LogP contribution in [0.3, 0.4) is 0 Å². The lowest BCUT2D eigenvalue weighted by Crippen LogP contribution is -2.44. The van der Waals surface area contributed by atoms with Crippen molar-refractivity contribution < 1.29 is 31.8 Å². The van der Waals surface area contributed by atoms with Gasteiger partial charge in [-0.3, -0.25) is 0 Å². The van der Waals surface area contributed by atoms with Crippen LogP contribution < -0.4 is 9.47 Å². The van der Waals surface area contributed by atoms with Crippen LogP contribution in [0.5, 0.6) is 11.5 Å². The van der Waals surface area contributed by atoms with Gasteiger partial charge in [0, 0.05) is 0 Å². The Labute approximate surface area is 183 Å². The normalized spacial score (nSPS) is 13.7. The highest BCUT2D eigenvalue weighted by molar-refractivity contribution is 6.74. The molecular formula is C23H31F3O4Si. The van der Waals surface area contributed by atoms with Gasteiger partial charge in [0.25, 0.3) is 0 Å². The van der Waals surface area contributed by atoms with Crippen molar-refractivity contribution in [3.05, 3.63) is 60.2 Å². The van der Waals surface area contributed by atoms with Crippen LogP contribution in [0.1, 0.15) is 26.3 Å². The Balaban J connectivity index is 2.01. The molecule has 0 aliphatic carbocycles. The summed E-state index contributed by atoms with van der Waals surface area (Å²) >= 11 is 0. The first kappa shape index (κ1) is 25.2. The second-order valence-electron chi connectivity index (χ2n) is 8.83. The minimum absolute atomic E-state index is 0.0407. The zero-order valence-electron chi connectivity index (χ0n) is 18.7. The van der Waals surface area contributed by atoms with Crippen LogP contribution in [0, 0.1) is 0 Å². The van der Waals surface area contributed by atoms with Gasteiger partial charge in [0.2, 0.25) is 0 Å². The van der Waals surface area contributed by atoms with Gasteiger partial charge in [-0.25, -0.2) is 0 Å². The molecule has 0 bridgehead atoms. The summed E-state index contributed by atoms with van der Waals surface area (Å²) in [5.41, 5.74) is 1.04. The van der Waals surface area contributed by atoms with Crippen LogP contribution in [-0.2, 0) is 15.8 Å². The summed E-state index contributed by atoms with van der Waals surface area (Å²) in [5, 5.41) is 0.0407. The van der Waals surface area contributed by atoms with Gasteiger partial charge in [0.15, 0.2) is 8.32 Å². The number of benzene rings is 2. The average molecular weight is 457 g/mol. The molecule has 31 heavy (non-hydrogen) atoms. The summed E-state index contributed by atoms with van der Waals surface area (Å²) in [6, 6.07) is 15.1. The van der Waals surface area contributed by atoms with Gasteiger partial charge < -0.3 is 18.6 Å². The zero-order chi connectivity index (χ0) is 23.1. The number of alkyl halides is 3. The quantitative estimate of drug-likeness (QED) is 0.379. The van der Waals surface area contributed by atoms with Gasteiger partial charge in [-0.2, -0.15) is 0 Å². The van der Waals surface area contributed by atoms with Gasteiger partial charge in [-0.15, -0.1) is 13.2 Å². The van der Waals surface area contributed by atoms with Crippen molar-refractivity contribution in [1.82, 2.24) is 0 Å². The Hall–Kier alpha value is -2.03. The van der Waals surface area contributed by atoms with E-state index in [2.05, 4.69) is 38.6 Å². The van der Waals surface area contributed by atoms with E-state index in [4.69, 9.17) is 13.9 Å². The van der Waals surface area contributed by atoms with Crippen LogP contribution in [0.4, 0.5) is 13.2 Å². The molecule has 8 heteroatoms. The van der Waals surface area contributed by atoms with Crippen molar-refractivity contribution in [2.45, 2.75) is 58.0 Å². The number of rotatable bonds is 10. The second-order valence-corrected chi connectivity index (χ2v) is 13.6. The maximum atomic E-state index is 12.4. The molecule has 1 unspecified atom stereocenters. The predicted octanol–water partition coefficient (Wildman–Crippen LogP) is 6.57. The number of ether oxygens (including phenoxy) is 3.